The van der Waals surface area contributed by atoms with Crippen LogP contribution in [0, 0.1) is 5.92 Å². The van der Waals surface area contributed by atoms with Gasteiger partial charge in [-0.25, -0.2) is 0 Å². The summed E-state index contributed by atoms with van der Waals surface area (Å²) in [5.74, 6) is 1.31. The maximum atomic E-state index is 10.0. The molecule has 0 saturated heterocycles. The summed E-state index contributed by atoms with van der Waals surface area (Å²) in [5, 5.41) is 10.0. The van der Waals surface area contributed by atoms with Crippen LogP contribution in [0.4, 0.5) is 0 Å². The van der Waals surface area contributed by atoms with Crippen LogP contribution >= 0.6 is 15.9 Å². The van der Waals surface area contributed by atoms with Gasteiger partial charge in [-0.3, -0.25) is 0 Å². The molecule has 102 valence electrons. The molecule has 2 atom stereocenters. The van der Waals surface area contributed by atoms with E-state index in [1.165, 1.54) is 0 Å². The summed E-state index contributed by atoms with van der Waals surface area (Å²) in [4.78, 5) is 0. The Kier molecular flexibility index (Phi) is 5.44. The van der Waals surface area contributed by atoms with Gasteiger partial charge in [-0.2, -0.15) is 0 Å². The summed E-state index contributed by atoms with van der Waals surface area (Å²) >= 11 is 3.44. The first kappa shape index (κ1) is 15.3. The second-order valence-electron chi connectivity index (χ2n) is 4.49. The van der Waals surface area contributed by atoms with Crippen LogP contribution in [0.1, 0.15) is 25.5 Å². The van der Waals surface area contributed by atoms with Crippen LogP contribution in [0.3, 0.4) is 0 Å². The number of hydrogen-bond acceptors (Lipinski definition) is 4. The van der Waals surface area contributed by atoms with E-state index in [4.69, 9.17) is 15.2 Å². The number of aliphatic hydroxyl groups excluding tert-OH is 1. The molecule has 0 aliphatic rings. The predicted octanol–water partition coefficient (Wildman–Crippen LogP) is 2.48. The van der Waals surface area contributed by atoms with Gasteiger partial charge in [0.1, 0.15) is 0 Å². The highest BCUT2D eigenvalue weighted by molar-refractivity contribution is 9.10. The molecule has 0 radical (unpaired) electrons. The number of rotatable bonds is 5. The van der Waals surface area contributed by atoms with Gasteiger partial charge in [-0.15, -0.1) is 0 Å². The Morgan fingerprint density at radius 3 is 2.11 bits per heavy atom. The number of aliphatic hydroxyl groups is 1. The van der Waals surface area contributed by atoms with Gasteiger partial charge in [0.2, 0.25) is 0 Å². The fourth-order valence-electron chi connectivity index (χ4n) is 1.72. The van der Waals surface area contributed by atoms with Crippen molar-refractivity contribution in [3.63, 3.8) is 0 Å². The normalized spacial score (nSPS) is 14.4. The fraction of sp³-hybridized carbons (Fsp3) is 0.538. The van der Waals surface area contributed by atoms with Gasteiger partial charge in [-0.1, -0.05) is 29.8 Å². The molecule has 4 nitrogen and oxygen atoms in total. The Morgan fingerprint density at radius 2 is 1.67 bits per heavy atom. The van der Waals surface area contributed by atoms with Crippen molar-refractivity contribution in [2.45, 2.75) is 26.0 Å². The van der Waals surface area contributed by atoms with Crippen molar-refractivity contribution in [2.75, 3.05) is 14.2 Å². The van der Waals surface area contributed by atoms with Crippen molar-refractivity contribution < 1.29 is 14.6 Å². The summed E-state index contributed by atoms with van der Waals surface area (Å²) in [7, 11) is 3.15. The SMILES string of the molecule is COc1cc(Br)c([C@@H](N)[C@@H](O)C(C)C)cc1OC. The van der Waals surface area contributed by atoms with Gasteiger partial charge in [0.15, 0.2) is 11.5 Å². The lowest BCUT2D eigenvalue weighted by Gasteiger charge is -2.24. The van der Waals surface area contributed by atoms with Gasteiger partial charge in [0.05, 0.1) is 26.4 Å². The molecule has 0 aliphatic carbocycles. The van der Waals surface area contributed by atoms with Gasteiger partial charge < -0.3 is 20.3 Å². The lowest BCUT2D eigenvalue weighted by atomic mass is 9.94. The van der Waals surface area contributed by atoms with E-state index >= 15 is 0 Å². The molecule has 0 heterocycles. The highest BCUT2D eigenvalue weighted by Gasteiger charge is 2.23. The first-order chi connectivity index (χ1) is 8.42. The molecule has 18 heavy (non-hydrogen) atoms. The molecule has 0 unspecified atom stereocenters. The van der Waals surface area contributed by atoms with Crippen molar-refractivity contribution >= 4 is 15.9 Å². The highest BCUT2D eigenvalue weighted by Crippen LogP contribution is 2.36. The Bertz CT molecular complexity index is 409. The topological polar surface area (TPSA) is 64.7 Å². The third-order valence-corrected chi connectivity index (χ3v) is 3.60. The second kappa shape index (κ2) is 6.41. The van der Waals surface area contributed by atoms with Crippen LogP contribution < -0.4 is 15.2 Å². The molecule has 3 N–H and O–H groups in total. The Labute approximate surface area is 116 Å². The van der Waals surface area contributed by atoms with E-state index in [9.17, 15) is 5.11 Å². The van der Waals surface area contributed by atoms with E-state index < -0.39 is 12.1 Å². The first-order valence-corrected chi connectivity index (χ1v) is 6.56. The number of halogens is 1. The molecule has 1 aromatic carbocycles. The van der Waals surface area contributed by atoms with E-state index in [1.54, 1.807) is 26.4 Å². The summed E-state index contributed by atoms with van der Waals surface area (Å²) in [6.45, 7) is 3.86. The average Bonchev–Trinajstić information content (AvgIpc) is 2.36. The standard InChI is InChI=1S/C13H20BrNO3/c1-7(2)13(16)12(15)8-5-10(17-3)11(18-4)6-9(8)14/h5-7,12-13,16H,15H2,1-4H3/t12-,13+/m1/s1. The Morgan fingerprint density at radius 1 is 1.17 bits per heavy atom. The number of nitrogens with two attached hydrogens (primary N) is 1. The van der Waals surface area contributed by atoms with E-state index in [0.29, 0.717) is 11.5 Å². The summed E-state index contributed by atoms with van der Waals surface area (Å²) in [6.07, 6.45) is -0.612. The van der Waals surface area contributed by atoms with Crippen molar-refractivity contribution in [1.29, 1.82) is 0 Å². The molecule has 0 spiro atoms. The molecular weight excluding hydrogens is 298 g/mol. The molecular formula is C13H20BrNO3. The molecule has 1 aromatic rings. The van der Waals surface area contributed by atoms with Gasteiger partial charge >= 0.3 is 0 Å². The maximum Gasteiger partial charge on any atom is 0.161 e. The third kappa shape index (κ3) is 3.16. The minimum Gasteiger partial charge on any atom is -0.493 e. The van der Waals surface area contributed by atoms with Crippen molar-refractivity contribution in [1.82, 2.24) is 0 Å². The molecule has 0 fully saturated rings. The predicted molar refractivity (Wildman–Crippen MR) is 75.0 cm³/mol. The van der Waals surface area contributed by atoms with Gasteiger partial charge in [0.25, 0.3) is 0 Å². The summed E-state index contributed by atoms with van der Waals surface area (Å²) in [5.41, 5.74) is 6.88. The average molecular weight is 318 g/mol. The smallest absolute Gasteiger partial charge is 0.161 e. The van der Waals surface area contributed by atoms with E-state index in [-0.39, 0.29) is 5.92 Å². The molecule has 0 aromatic heterocycles. The number of ether oxygens (including phenoxy) is 2. The second-order valence-corrected chi connectivity index (χ2v) is 5.34. The van der Waals surface area contributed by atoms with Crippen molar-refractivity contribution in [3.05, 3.63) is 22.2 Å². The number of benzene rings is 1. The summed E-state index contributed by atoms with van der Waals surface area (Å²) < 4.78 is 11.2. The fourth-order valence-corrected chi connectivity index (χ4v) is 2.31. The van der Waals surface area contributed by atoms with E-state index in [2.05, 4.69) is 15.9 Å². The largest absolute Gasteiger partial charge is 0.493 e. The van der Waals surface area contributed by atoms with Gasteiger partial charge in [0, 0.05) is 4.47 Å². The lowest BCUT2D eigenvalue weighted by Crippen LogP contribution is -2.30. The number of hydrogen-bond donors (Lipinski definition) is 2. The highest BCUT2D eigenvalue weighted by atomic mass is 79.9. The molecule has 0 bridgehead atoms. The van der Waals surface area contributed by atoms with E-state index in [1.807, 2.05) is 13.8 Å². The van der Waals surface area contributed by atoms with Gasteiger partial charge in [-0.05, 0) is 23.6 Å². The molecule has 0 saturated carbocycles. The quantitative estimate of drug-likeness (QED) is 0.875. The Hall–Kier alpha value is -0.780. The van der Waals surface area contributed by atoms with Crippen LogP contribution in [0.5, 0.6) is 11.5 Å². The first-order valence-electron chi connectivity index (χ1n) is 5.77. The van der Waals surface area contributed by atoms with Crippen LogP contribution in [-0.2, 0) is 0 Å². The zero-order valence-corrected chi connectivity index (χ0v) is 12.7. The molecule has 5 heteroatoms. The monoisotopic (exact) mass is 317 g/mol. The molecule has 0 amide bonds. The lowest BCUT2D eigenvalue weighted by molar-refractivity contribution is 0.0976. The molecule has 1 rings (SSSR count). The minimum atomic E-state index is -0.612. The Balaban J connectivity index is 3.16. The zero-order chi connectivity index (χ0) is 13.9. The van der Waals surface area contributed by atoms with Crippen molar-refractivity contribution in [3.8, 4) is 11.5 Å². The van der Waals surface area contributed by atoms with Crippen molar-refractivity contribution in [2.24, 2.45) is 11.7 Å². The zero-order valence-electron chi connectivity index (χ0n) is 11.1. The van der Waals surface area contributed by atoms with Crippen LogP contribution in [-0.4, -0.2) is 25.4 Å². The minimum absolute atomic E-state index is 0.0833. The summed E-state index contributed by atoms with van der Waals surface area (Å²) in [6, 6.07) is 3.11. The van der Waals surface area contributed by atoms with Crippen LogP contribution in [0.25, 0.3) is 0 Å². The van der Waals surface area contributed by atoms with Crippen LogP contribution in [0.15, 0.2) is 16.6 Å². The van der Waals surface area contributed by atoms with Crippen LogP contribution in [0.2, 0.25) is 0 Å². The maximum absolute atomic E-state index is 10.0. The molecule has 0 aliphatic heterocycles. The third-order valence-electron chi connectivity index (χ3n) is 2.91. The van der Waals surface area contributed by atoms with E-state index in [0.717, 1.165) is 10.0 Å². The number of methoxy groups -OCH3 is 2.